The Morgan fingerprint density at radius 1 is 1.29 bits per heavy atom. The van der Waals surface area contributed by atoms with Crippen LogP contribution in [0.4, 0.5) is 4.39 Å². The summed E-state index contributed by atoms with van der Waals surface area (Å²) in [5.41, 5.74) is 0. The number of sulfonamides is 1. The third-order valence-electron chi connectivity index (χ3n) is 3.10. The molecule has 0 radical (unpaired) electrons. The molecule has 1 aromatic rings. The van der Waals surface area contributed by atoms with Gasteiger partial charge < -0.3 is 0 Å². The molecule has 5 nitrogen and oxygen atoms in total. The highest BCUT2D eigenvalue weighted by atomic mass is 32.2. The van der Waals surface area contributed by atoms with Crippen molar-refractivity contribution >= 4 is 31.6 Å². The molecule has 1 fully saturated rings. The molecule has 0 amide bonds. The highest BCUT2D eigenvalue weighted by Crippen LogP contribution is 2.22. The topological polar surface area (TPSA) is 80.3 Å². The predicted octanol–water partition coefficient (Wildman–Crippen LogP) is 1.40. The fraction of sp³-hybridized carbons (Fsp3) is 0.500. The fourth-order valence-corrected chi connectivity index (χ4v) is 5.31. The molecule has 118 valence electrons. The van der Waals surface area contributed by atoms with Gasteiger partial charge in [0.1, 0.15) is 10.7 Å². The molecule has 1 unspecified atom stereocenters. The minimum absolute atomic E-state index is 0.220. The normalized spacial score (nSPS) is 20.4. The molecular formula is C12H16FNO4S3. The number of sulfone groups is 1. The summed E-state index contributed by atoms with van der Waals surface area (Å²) < 4.78 is 63.7. The Labute approximate surface area is 128 Å². The first-order chi connectivity index (χ1) is 9.70. The molecule has 1 aliphatic heterocycles. The first-order valence-electron chi connectivity index (χ1n) is 6.30. The number of hydrogen-bond acceptors (Lipinski definition) is 5. The standard InChI is InChI=1S/C12H16FNO4S3/c1-20(15,16)10-4-5-11(13)12(7-10)21(17,18)14-9-3-2-6-19-8-9/h4-5,7,9,14H,2-3,6,8H2,1H3. The highest BCUT2D eigenvalue weighted by molar-refractivity contribution is 7.99. The third kappa shape index (κ3) is 4.18. The van der Waals surface area contributed by atoms with Gasteiger partial charge in [-0.3, -0.25) is 0 Å². The summed E-state index contributed by atoms with van der Waals surface area (Å²) in [6, 6.07) is 2.53. The second-order valence-electron chi connectivity index (χ2n) is 4.90. The van der Waals surface area contributed by atoms with Crippen LogP contribution in [0.15, 0.2) is 28.0 Å². The molecule has 9 heteroatoms. The van der Waals surface area contributed by atoms with Crippen LogP contribution in [0.2, 0.25) is 0 Å². The predicted molar refractivity (Wildman–Crippen MR) is 80.2 cm³/mol. The Morgan fingerprint density at radius 2 is 2.00 bits per heavy atom. The van der Waals surface area contributed by atoms with Crippen LogP contribution in [0, 0.1) is 5.82 Å². The molecule has 1 aliphatic rings. The van der Waals surface area contributed by atoms with Crippen LogP contribution in [0.5, 0.6) is 0 Å². The van der Waals surface area contributed by atoms with Gasteiger partial charge in [-0.05, 0) is 36.8 Å². The van der Waals surface area contributed by atoms with E-state index in [4.69, 9.17) is 0 Å². The van der Waals surface area contributed by atoms with E-state index in [9.17, 15) is 21.2 Å². The van der Waals surface area contributed by atoms with E-state index in [0.29, 0.717) is 12.2 Å². The summed E-state index contributed by atoms with van der Waals surface area (Å²) in [6.07, 6.45) is 2.53. The van der Waals surface area contributed by atoms with Gasteiger partial charge in [0.05, 0.1) is 4.90 Å². The Balaban J connectivity index is 2.34. The fourth-order valence-electron chi connectivity index (χ4n) is 2.04. The third-order valence-corrected chi connectivity index (χ3v) is 6.96. The van der Waals surface area contributed by atoms with Crippen molar-refractivity contribution in [2.24, 2.45) is 0 Å². The number of nitrogens with one attached hydrogen (secondary N) is 1. The Kier molecular flexibility index (Phi) is 4.96. The molecule has 2 rings (SSSR count). The van der Waals surface area contributed by atoms with Crippen LogP contribution in [0.1, 0.15) is 12.8 Å². The lowest BCUT2D eigenvalue weighted by atomic mass is 10.2. The summed E-state index contributed by atoms with van der Waals surface area (Å²) in [5.74, 6) is 0.654. The van der Waals surface area contributed by atoms with Gasteiger partial charge in [0.15, 0.2) is 9.84 Å². The Bertz CT molecular complexity index is 725. The summed E-state index contributed by atoms with van der Waals surface area (Å²) in [7, 11) is -7.67. The summed E-state index contributed by atoms with van der Waals surface area (Å²) >= 11 is 1.63. The lowest BCUT2D eigenvalue weighted by molar-refractivity contribution is 0.529. The molecule has 0 saturated carbocycles. The van der Waals surface area contributed by atoms with E-state index in [1.807, 2.05) is 0 Å². The van der Waals surface area contributed by atoms with Gasteiger partial charge >= 0.3 is 0 Å². The Hall–Kier alpha value is -0.640. The van der Waals surface area contributed by atoms with E-state index in [1.165, 1.54) is 0 Å². The van der Waals surface area contributed by atoms with E-state index in [1.54, 1.807) is 11.8 Å². The van der Waals surface area contributed by atoms with Crippen LogP contribution in [-0.2, 0) is 19.9 Å². The van der Waals surface area contributed by atoms with E-state index >= 15 is 0 Å². The summed E-state index contributed by atoms with van der Waals surface area (Å²) in [5, 5.41) is 0. The SMILES string of the molecule is CS(=O)(=O)c1ccc(F)c(S(=O)(=O)NC2CCCSC2)c1. The molecule has 0 aliphatic carbocycles. The first-order valence-corrected chi connectivity index (χ1v) is 10.8. The minimum Gasteiger partial charge on any atom is -0.224 e. The van der Waals surface area contributed by atoms with Gasteiger partial charge in [0.2, 0.25) is 10.0 Å². The molecule has 1 aromatic carbocycles. The Morgan fingerprint density at radius 3 is 2.57 bits per heavy atom. The quantitative estimate of drug-likeness (QED) is 0.828. The monoisotopic (exact) mass is 353 g/mol. The highest BCUT2D eigenvalue weighted by Gasteiger charge is 2.26. The van der Waals surface area contributed by atoms with Gasteiger partial charge in [-0.2, -0.15) is 11.8 Å². The molecule has 21 heavy (non-hydrogen) atoms. The van der Waals surface area contributed by atoms with Crippen molar-refractivity contribution in [3.8, 4) is 0 Å². The van der Waals surface area contributed by atoms with Crippen LogP contribution in [0.25, 0.3) is 0 Å². The van der Waals surface area contributed by atoms with E-state index in [0.717, 1.165) is 36.6 Å². The zero-order valence-electron chi connectivity index (χ0n) is 11.4. The maximum absolute atomic E-state index is 13.8. The molecule has 0 aromatic heterocycles. The van der Waals surface area contributed by atoms with Gasteiger partial charge in [0, 0.05) is 18.1 Å². The second-order valence-corrected chi connectivity index (χ2v) is 9.75. The summed E-state index contributed by atoms with van der Waals surface area (Å²) in [4.78, 5) is -0.844. The average molecular weight is 353 g/mol. The molecule has 1 heterocycles. The number of rotatable bonds is 4. The smallest absolute Gasteiger partial charge is 0.224 e. The number of benzene rings is 1. The zero-order valence-corrected chi connectivity index (χ0v) is 13.8. The first kappa shape index (κ1) is 16.7. The van der Waals surface area contributed by atoms with Crippen molar-refractivity contribution in [3.63, 3.8) is 0 Å². The number of hydrogen-bond donors (Lipinski definition) is 1. The molecule has 0 bridgehead atoms. The van der Waals surface area contributed by atoms with E-state index < -0.39 is 30.6 Å². The largest absolute Gasteiger partial charge is 0.243 e. The number of thioether (sulfide) groups is 1. The van der Waals surface area contributed by atoms with Crippen LogP contribution < -0.4 is 4.72 Å². The zero-order chi connectivity index (χ0) is 15.7. The van der Waals surface area contributed by atoms with Crippen LogP contribution >= 0.6 is 11.8 Å². The van der Waals surface area contributed by atoms with Gasteiger partial charge in [0.25, 0.3) is 0 Å². The molecule has 1 atom stereocenters. The van der Waals surface area contributed by atoms with Gasteiger partial charge in [-0.25, -0.2) is 25.9 Å². The van der Waals surface area contributed by atoms with Crippen LogP contribution in [-0.4, -0.2) is 40.6 Å². The molecule has 1 saturated heterocycles. The van der Waals surface area contributed by atoms with Crippen molar-refractivity contribution in [1.29, 1.82) is 0 Å². The van der Waals surface area contributed by atoms with E-state index in [2.05, 4.69) is 4.72 Å². The van der Waals surface area contributed by atoms with Crippen molar-refractivity contribution in [2.75, 3.05) is 17.8 Å². The molecular weight excluding hydrogens is 337 g/mol. The van der Waals surface area contributed by atoms with E-state index in [-0.39, 0.29) is 10.9 Å². The van der Waals surface area contributed by atoms with Crippen molar-refractivity contribution in [1.82, 2.24) is 4.72 Å². The van der Waals surface area contributed by atoms with Crippen molar-refractivity contribution < 1.29 is 21.2 Å². The lowest BCUT2D eigenvalue weighted by Crippen LogP contribution is -2.38. The average Bonchev–Trinajstić information content (AvgIpc) is 2.38. The lowest BCUT2D eigenvalue weighted by Gasteiger charge is -2.22. The minimum atomic E-state index is -4.08. The number of halogens is 1. The second kappa shape index (κ2) is 6.23. The van der Waals surface area contributed by atoms with Gasteiger partial charge in [-0.1, -0.05) is 0 Å². The molecule has 1 N–H and O–H groups in total. The van der Waals surface area contributed by atoms with Gasteiger partial charge in [-0.15, -0.1) is 0 Å². The maximum Gasteiger partial charge on any atom is 0.243 e. The van der Waals surface area contributed by atoms with Crippen LogP contribution in [0.3, 0.4) is 0 Å². The van der Waals surface area contributed by atoms with Crippen molar-refractivity contribution in [3.05, 3.63) is 24.0 Å². The van der Waals surface area contributed by atoms with Crippen molar-refractivity contribution in [2.45, 2.75) is 28.7 Å². The summed E-state index contributed by atoms with van der Waals surface area (Å²) in [6.45, 7) is 0. The maximum atomic E-state index is 13.8. The molecule has 0 spiro atoms.